The SMILES string of the molecule is CSCCC(C)NC(=O)CSCC(=O)O. The van der Waals surface area contributed by atoms with Crippen LogP contribution in [0.5, 0.6) is 0 Å². The molecule has 1 amide bonds. The molecule has 0 aliphatic heterocycles. The summed E-state index contributed by atoms with van der Waals surface area (Å²) in [6.45, 7) is 1.95. The van der Waals surface area contributed by atoms with Gasteiger partial charge < -0.3 is 10.4 Å². The van der Waals surface area contributed by atoms with Crippen LogP contribution in [0.2, 0.25) is 0 Å². The summed E-state index contributed by atoms with van der Waals surface area (Å²) in [4.78, 5) is 21.5. The van der Waals surface area contributed by atoms with E-state index < -0.39 is 5.97 Å². The molecular weight excluding hydrogens is 234 g/mol. The van der Waals surface area contributed by atoms with Gasteiger partial charge in [-0.25, -0.2) is 0 Å². The summed E-state index contributed by atoms with van der Waals surface area (Å²) in [5.41, 5.74) is 0. The Labute approximate surface area is 98.6 Å². The number of carboxylic acids is 1. The van der Waals surface area contributed by atoms with E-state index in [1.54, 1.807) is 11.8 Å². The van der Waals surface area contributed by atoms with Gasteiger partial charge in [-0.05, 0) is 25.4 Å². The number of amides is 1. The lowest BCUT2D eigenvalue weighted by Gasteiger charge is -2.12. The Balaban J connectivity index is 3.50. The van der Waals surface area contributed by atoms with E-state index in [-0.39, 0.29) is 23.5 Å². The van der Waals surface area contributed by atoms with Crippen LogP contribution in [-0.4, -0.2) is 46.5 Å². The average Bonchev–Trinajstić information content (AvgIpc) is 2.14. The van der Waals surface area contributed by atoms with Crippen LogP contribution in [0.4, 0.5) is 0 Å². The lowest BCUT2D eigenvalue weighted by molar-refractivity contribution is -0.133. The number of carboxylic acid groups (broad SMARTS) is 1. The molecule has 0 heterocycles. The summed E-state index contributed by atoms with van der Waals surface area (Å²) in [5, 5.41) is 11.2. The Bertz CT molecular complexity index is 212. The van der Waals surface area contributed by atoms with Crippen LogP contribution in [0.15, 0.2) is 0 Å². The fraction of sp³-hybridized carbons (Fsp3) is 0.778. The van der Waals surface area contributed by atoms with Crippen LogP contribution in [0.25, 0.3) is 0 Å². The van der Waals surface area contributed by atoms with E-state index in [2.05, 4.69) is 5.32 Å². The first-order chi connectivity index (χ1) is 7.06. The van der Waals surface area contributed by atoms with Gasteiger partial charge in [-0.15, -0.1) is 11.8 Å². The van der Waals surface area contributed by atoms with Gasteiger partial charge in [-0.3, -0.25) is 9.59 Å². The molecule has 1 atom stereocenters. The minimum atomic E-state index is -0.886. The number of thioether (sulfide) groups is 2. The van der Waals surface area contributed by atoms with E-state index in [9.17, 15) is 9.59 Å². The molecule has 1 unspecified atom stereocenters. The molecule has 0 aromatic heterocycles. The number of carbonyl (C=O) groups is 2. The number of carbonyl (C=O) groups excluding carboxylic acids is 1. The van der Waals surface area contributed by atoms with Gasteiger partial charge in [-0.1, -0.05) is 0 Å². The molecule has 0 spiro atoms. The zero-order chi connectivity index (χ0) is 11.7. The largest absolute Gasteiger partial charge is 0.481 e. The molecule has 6 heteroatoms. The third kappa shape index (κ3) is 9.93. The Hall–Kier alpha value is -0.360. The van der Waals surface area contributed by atoms with Crippen molar-refractivity contribution in [1.29, 1.82) is 0 Å². The van der Waals surface area contributed by atoms with Gasteiger partial charge in [-0.2, -0.15) is 11.8 Å². The smallest absolute Gasteiger partial charge is 0.313 e. The van der Waals surface area contributed by atoms with Crippen molar-refractivity contribution in [2.24, 2.45) is 0 Å². The molecule has 0 aliphatic rings. The van der Waals surface area contributed by atoms with Crippen LogP contribution in [0.3, 0.4) is 0 Å². The van der Waals surface area contributed by atoms with Crippen molar-refractivity contribution in [3.63, 3.8) is 0 Å². The molecule has 0 aliphatic carbocycles. The normalized spacial score (nSPS) is 12.1. The Morgan fingerprint density at radius 1 is 1.40 bits per heavy atom. The van der Waals surface area contributed by atoms with E-state index in [1.807, 2.05) is 13.2 Å². The maximum atomic E-state index is 11.3. The van der Waals surface area contributed by atoms with Crippen LogP contribution in [0, 0.1) is 0 Å². The summed E-state index contributed by atoms with van der Waals surface area (Å²) in [7, 11) is 0. The van der Waals surface area contributed by atoms with Crippen molar-refractivity contribution in [3.8, 4) is 0 Å². The quantitative estimate of drug-likeness (QED) is 0.675. The molecule has 0 radical (unpaired) electrons. The zero-order valence-electron chi connectivity index (χ0n) is 8.99. The second kappa shape index (κ2) is 8.91. The molecule has 0 fully saturated rings. The second-order valence-electron chi connectivity index (χ2n) is 3.14. The molecule has 88 valence electrons. The number of hydrogen-bond donors (Lipinski definition) is 2. The lowest BCUT2D eigenvalue weighted by Crippen LogP contribution is -2.34. The Morgan fingerprint density at radius 2 is 2.07 bits per heavy atom. The minimum absolute atomic E-state index is 0.0212. The lowest BCUT2D eigenvalue weighted by atomic mass is 10.2. The van der Waals surface area contributed by atoms with Crippen molar-refractivity contribution in [1.82, 2.24) is 5.32 Å². The van der Waals surface area contributed by atoms with Gasteiger partial charge in [0.1, 0.15) is 0 Å². The third-order valence-electron chi connectivity index (χ3n) is 1.62. The first-order valence-corrected chi connectivity index (χ1v) is 7.19. The highest BCUT2D eigenvalue weighted by atomic mass is 32.2. The predicted molar refractivity (Wildman–Crippen MR) is 65.6 cm³/mol. The summed E-state index contributed by atoms with van der Waals surface area (Å²) in [6, 6.07) is 0.162. The monoisotopic (exact) mass is 251 g/mol. The first-order valence-electron chi connectivity index (χ1n) is 4.64. The van der Waals surface area contributed by atoms with Crippen molar-refractivity contribution in [2.75, 3.05) is 23.5 Å². The van der Waals surface area contributed by atoms with Gasteiger partial charge in [0.25, 0.3) is 0 Å². The zero-order valence-corrected chi connectivity index (χ0v) is 10.6. The highest BCUT2D eigenvalue weighted by molar-refractivity contribution is 8.00. The van der Waals surface area contributed by atoms with Crippen LogP contribution < -0.4 is 5.32 Å². The van der Waals surface area contributed by atoms with Crippen molar-refractivity contribution < 1.29 is 14.7 Å². The molecule has 0 aromatic rings. The molecule has 0 bridgehead atoms. The van der Waals surface area contributed by atoms with Gasteiger partial charge in [0, 0.05) is 6.04 Å². The highest BCUT2D eigenvalue weighted by Gasteiger charge is 2.07. The number of nitrogens with one attached hydrogen (secondary N) is 1. The van der Waals surface area contributed by atoms with Crippen molar-refractivity contribution in [2.45, 2.75) is 19.4 Å². The number of aliphatic carboxylic acids is 1. The highest BCUT2D eigenvalue weighted by Crippen LogP contribution is 2.02. The summed E-state index contributed by atoms with van der Waals surface area (Å²) < 4.78 is 0. The second-order valence-corrected chi connectivity index (χ2v) is 5.11. The van der Waals surface area contributed by atoms with E-state index in [4.69, 9.17) is 5.11 Å². The molecule has 0 saturated heterocycles. The summed E-state index contributed by atoms with van der Waals surface area (Å²) >= 11 is 2.86. The molecular formula is C9H17NO3S2. The van der Waals surface area contributed by atoms with E-state index >= 15 is 0 Å². The maximum Gasteiger partial charge on any atom is 0.313 e. The predicted octanol–water partition coefficient (Wildman–Crippen LogP) is 1.06. The summed E-state index contributed by atoms with van der Waals surface area (Å²) in [6.07, 6.45) is 2.97. The van der Waals surface area contributed by atoms with Gasteiger partial charge in [0.2, 0.25) is 5.91 Å². The molecule has 4 nitrogen and oxygen atoms in total. The van der Waals surface area contributed by atoms with Crippen LogP contribution >= 0.6 is 23.5 Å². The van der Waals surface area contributed by atoms with Crippen LogP contribution in [0.1, 0.15) is 13.3 Å². The molecule has 2 N–H and O–H groups in total. The summed E-state index contributed by atoms with van der Waals surface area (Å²) in [5.74, 6) is 0.241. The van der Waals surface area contributed by atoms with Gasteiger partial charge in [0.15, 0.2) is 0 Å². The topological polar surface area (TPSA) is 66.4 Å². The van der Waals surface area contributed by atoms with Crippen LogP contribution in [-0.2, 0) is 9.59 Å². The fourth-order valence-electron chi connectivity index (χ4n) is 0.914. The molecule has 15 heavy (non-hydrogen) atoms. The van der Waals surface area contributed by atoms with Crippen molar-refractivity contribution in [3.05, 3.63) is 0 Å². The average molecular weight is 251 g/mol. The van der Waals surface area contributed by atoms with Gasteiger partial charge >= 0.3 is 5.97 Å². The van der Waals surface area contributed by atoms with E-state index in [0.717, 1.165) is 23.9 Å². The number of rotatable bonds is 8. The Kier molecular flexibility index (Phi) is 8.70. The van der Waals surface area contributed by atoms with Gasteiger partial charge in [0.05, 0.1) is 11.5 Å². The molecule has 0 rings (SSSR count). The maximum absolute atomic E-state index is 11.3. The first kappa shape index (κ1) is 14.6. The fourth-order valence-corrected chi connectivity index (χ4v) is 2.05. The van der Waals surface area contributed by atoms with Crippen molar-refractivity contribution >= 4 is 35.4 Å². The third-order valence-corrected chi connectivity index (χ3v) is 3.18. The Morgan fingerprint density at radius 3 is 2.60 bits per heavy atom. The van der Waals surface area contributed by atoms with E-state index in [1.165, 1.54) is 0 Å². The molecule has 0 saturated carbocycles. The molecule has 0 aromatic carbocycles. The number of hydrogen-bond acceptors (Lipinski definition) is 4. The van der Waals surface area contributed by atoms with E-state index in [0.29, 0.717) is 0 Å². The minimum Gasteiger partial charge on any atom is -0.481 e. The standard InChI is InChI=1S/C9H17NO3S2/c1-7(3-4-14-2)10-8(11)5-15-6-9(12)13/h7H,3-6H2,1-2H3,(H,10,11)(H,12,13).